The molecule has 0 aliphatic heterocycles. The summed E-state index contributed by atoms with van der Waals surface area (Å²) in [6.45, 7) is 2.24. The quantitative estimate of drug-likeness (QED) is 0.773. The number of benzene rings is 1. The summed E-state index contributed by atoms with van der Waals surface area (Å²) in [5.41, 5.74) is 6.39. The van der Waals surface area contributed by atoms with E-state index in [9.17, 15) is 9.59 Å². The molecule has 124 valence electrons. The molecule has 2 aromatic rings. The van der Waals surface area contributed by atoms with Crippen molar-refractivity contribution >= 4 is 35.6 Å². The van der Waals surface area contributed by atoms with Crippen molar-refractivity contribution in [2.24, 2.45) is 5.73 Å². The van der Waals surface area contributed by atoms with Gasteiger partial charge in [0.2, 0.25) is 0 Å². The second kappa shape index (κ2) is 9.24. The van der Waals surface area contributed by atoms with Gasteiger partial charge in [-0.25, -0.2) is 9.78 Å². The zero-order valence-electron chi connectivity index (χ0n) is 12.5. The third-order valence-corrected chi connectivity index (χ3v) is 3.76. The summed E-state index contributed by atoms with van der Waals surface area (Å²) < 4.78 is 5.03. The lowest BCUT2D eigenvalue weighted by Gasteiger charge is -2.17. The number of nitrogens with zero attached hydrogens (tertiary/aromatic N) is 1. The number of carbonyl (C=O) groups excluding carboxylic acids is 2. The van der Waals surface area contributed by atoms with Crippen LogP contribution in [-0.2, 0) is 16.1 Å². The molecule has 6 nitrogen and oxygen atoms in total. The molecule has 1 atom stereocenters. The van der Waals surface area contributed by atoms with Gasteiger partial charge in [-0.2, -0.15) is 0 Å². The van der Waals surface area contributed by atoms with Gasteiger partial charge >= 0.3 is 5.97 Å². The fraction of sp³-hybridized carbons (Fsp3) is 0.267. The van der Waals surface area contributed by atoms with E-state index in [0.29, 0.717) is 10.6 Å². The van der Waals surface area contributed by atoms with Crippen LogP contribution in [0.5, 0.6) is 0 Å². The van der Waals surface area contributed by atoms with E-state index in [1.54, 1.807) is 36.6 Å². The molecule has 0 radical (unpaired) electrons. The molecule has 3 N–H and O–H groups in total. The lowest BCUT2D eigenvalue weighted by molar-refractivity contribution is -0.145. The molecule has 0 spiro atoms. The first kappa shape index (κ1) is 19.1. The largest absolute Gasteiger partial charge is 0.464 e. The van der Waals surface area contributed by atoms with Gasteiger partial charge < -0.3 is 15.8 Å². The van der Waals surface area contributed by atoms with E-state index >= 15 is 0 Å². The first-order chi connectivity index (χ1) is 10.7. The molecule has 0 aliphatic rings. The predicted octanol–water partition coefficient (Wildman–Crippen LogP) is 2.06. The van der Waals surface area contributed by atoms with Gasteiger partial charge in [0.05, 0.1) is 6.61 Å². The molecule has 2 rings (SSSR count). The van der Waals surface area contributed by atoms with E-state index in [4.69, 9.17) is 10.5 Å². The number of nitrogens with one attached hydrogen (secondary N) is 1. The maximum Gasteiger partial charge on any atom is 0.333 e. The fourth-order valence-corrected chi connectivity index (χ4v) is 2.52. The molecule has 1 heterocycles. The molecular weight excluding hydrogens is 338 g/mol. The van der Waals surface area contributed by atoms with Gasteiger partial charge in [-0.3, -0.25) is 4.79 Å². The van der Waals surface area contributed by atoms with Gasteiger partial charge in [0.25, 0.3) is 5.91 Å². The number of esters is 1. The summed E-state index contributed by atoms with van der Waals surface area (Å²) in [5, 5.41) is 4.94. The van der Waals surface area contributed by atoms with Crippen molar-refractivity contribution in [3.8, 4) is 0 Å². The SMILES string of the molecule is CCOC(=O)[C@H](NC(=O)c1csc(CN)n1)c1ccccc1.Cl. The Morgan fingerprint density at radius 1 is 1.35 bits per heavy atom. The van der Waals surface area contributed by atoms with Crippen molar-refractivity contribution in [3.05, 3.63) is 52.0 Å². The number of aromatic nitrogens is 1. The molecule has 0 bridgehead atoms. The van der Waals surface area contributed by atoms with Crippen molar-refractivity contribution in [2.75, 3.05) is 6.61 Å². The summed E-state index contributed by atoms with van der Waals surface area (Å²) in [7, 11) is 0. The predicted molar refractivity (Wildman–Crippen MR) is 90.5 cm³/mol. The average molecular weight is 356 g/mol. The Balaban J connectivity index is 0.00000264. The Morgan fingerprint density at radius 2 is 2.04 bits per heavy atom. The molecule has 8 heteroatoms. The molecule has 0 saturated carbocycles. The summed E-state index contributed by atoms with van der Waals surface area (Å²) in [5.74, 6) is -0.936. The third kappa shape index (κ3) is 5.02. The van der Waals surface area contributed by atoms with Crippen LogP contribution < -0.4 is 11.1 Å². The average Bonchev–Trinajstić information content (AvgIpc) is 3.02. The van der Waals surface area contributed by atoms with E-state index in [2.05, 4.69) is 10.3 Å². The van der Waals surface area contributed by atoms with E-state index < -0.39 is 17.9 Å². The highest BCUT2D eigenvalue weighted by Gasteiger charge is 2.25. The van der Waals surface area contributed by atoms with Crippen LogP contribution in [0, 0.1) is 0 Å². The maximum absolute atomic E-state index is 12.3. The monoisotopic (exact) mass is 355 g/mol. The molecule has 1 amide bonds. The van der Waals surface area contributed by atoms with Crippen LogP contribution in [0.4, 0.5) is 0 Å². The van der Waals surface area contributed by atoms with Crippen molar-refractivity contribution in [1.29, 1.82) is 0 Å². The van der Waals surface area contributed by atoms with E-state index in [1.807, 2.05) is 6.07 Å². The number of carbonyl (C=O) groups is 2. The van der Waals surface area contributed by atoms with Crippen molar-refractivity contribution in [2.45, 2.75) is 19.5 Å². The highest BCUT2D eigenvalue weighted by atomic mass is 35.5. The van der Waals surface area contributed by atoms with Crippen LogP contribution in [0.2, 0.25) is 0 Å². The molecule has 0 aliphatic carbocycles. The number of halogens is 1. The van der Waals surface area contributed by atoms with Crippen LogP contribution in [0.15, 0.2) is 35.7 Å². The second-order valence-electron chi connectivity index (χ2n) is 4.40. The number of nitrogens with two attached hydrogens (primary N) is 1. The Labute approximate surface area is 144 Å². The number of ether oxygens (including phenoxy) is 1. The first-order valence-corrected chi connectivity index (χ1v) is 7.70. The lowest BCUT2D eigenvalue weighted by atomic mass is 10.1. The Morgan fingerprint density at radius 3 is 2.61 bits per heavy atom. The summed E-state index contributed by atoms with van der Waals surface area (Å²) >= 11 is 1.31. The van der Waals surface area contributed by atoms with Crippen LogP contribution in [0.1, 0.15) is 34.0 Å². The molecule has 23 heavy (non-hydrogen) atoms. The van der Waals surface area contributed by atoms with Gasteiger partial charge in [-0.15, -0.1) is 23.7 Å². The van der Waals surface area contributed by atoms with Gasteiger partial charge in [-0.1, -0.05) is 30.3 Å². The van der Waals surface area contributed by atoms with Gasteiger partial charge in [0.15, 0.2) is 6.04 Å². The Hall–Kier alpha value is -1.96. The molecule has 1 aromatic carbocycles. The zero-order chi connectivity index (χ0) is 15.9. The highest BCUT2D eigenvalue weighted by molar-refractivity contribution is 7.09. The standard InChI is InChI=1S/C15H17N3O3S.ClH/c1-2-21-15(20)13(10-6-4-3-5-7-10)18-14(19)11-9-22-12(8-16)17-11;/h3-7,9,13H,2,8,16H2,1H3,(H,18,19);1H/t13-;/m1./s1. The highest BCUT2D eigenvalue weighted by Crippen LogP contribution is 2.16. The third-order valence-electron chi connectivity index (χ3n) is 2.89. The molecule has 1 aromatic heterocycles. The van der Waals surface area contributed by atoms with Crippen LogP contribution in [-0.4, -0.2) is 23.5 Å². The number of amides is 1. The summed E-state index contributed by atoms with van der Waals surface area (Å²) in [4.78, 5) is 28.5. The molecule has 0 fully saturated rings. The smallest absolute Gasteiger partial charge is 0.333 e. The molecule has 0 unspecified atom stereocenters. The fourth-order valence-electron chi connectivity index (χ4n) is 1.86. The minimum Gasteiger partial charge on any atom is -0.464 e. The van der Waals surface area contributed by atoms with Crippen molar-refractivity contribution < 1.29 is 14.3 Å². The Kier molecular flexibility index (Phi) is 7.67. The lowest BCUT2D eigenvalue weighted by Crippen LogP contribution is -2.35. The maximum atomic E-state index is 12.3. The number of thiazole rings is 1. The van der Waals surface area contributed by atoms with Crippen molar-refractivity contribution in [1.82, 2.24) is 10.3 Å². The molecule has 0 saturated heterocycles. The topological polar surface area (TPSA) is 94.3 Å². The normalized spacial score (nSPS) is 11.2. The van der Waals surface area contributed by atoms with Gasteiger partial charge in [0, 0.05) is 11.9 Å². The van der Waals surface area contributed by atoms with Crippen LogP contribution in [0.3, 0.4) is 0 Å². The zero-order valence-corrected chi connectivity index (χ0v) is 14.2. The van der Waals surface area contributed by atoms with Gasteiger partial charge in [-0.05, 0) is 12.5 Å². The minimum absolute atomic E-state index is 0. The van der Waals surface area contributed by atoms with Crippen LogP contribution >= 0.6 is 23.7 Å². The number of hydrogen-bond donors (Lipinski definition) is 2. The number of rotatable bonds is 6. The number of hydrogen-bond acceptors (Lipinski definition) is 6. The molecular formula is C15H18ClN3O3S. The summed E-state index contributed by atoms with van der Waals surface area (Å²) in [6, 6.07) is 8.08. The van der Waals surface area contributed by atoms with E-state index in [0.717, 1.165) is 0 Å². The van der Waals surface area contributed by atoms with Gasteiger partial charge in [0.1, 0.15) is 10.7 Å². The van der Waals surface area contributed by atoms with E-state index in [1.165, 1.54) is 11.3 Å². The van der Waals surface area contributed by atoms with Crippen LogP contribution in [0.25, 0.3) is 0 Å². The van der Waals surface area contributed by atoms with Crippen molar-refractivity contribution in [3.63, 3.8) is 0 Å². The minimum atomic E-state index is -0.864. The Bertz CT molecular complexity index is 648. The second-order valence-corrected chi connectivity index (χ2v) is 5.34. The summed E-state index contributed by atoms with van der Waals surface area (Å²) in [6.07, 6.45) is 0. The van der Waals surface area contributed by atoms with E-state index in [-0.39, 0.29) is 31.3 Å². The first-order valence-electron chi connectivity index (χ1n) is 6.82.